The molecule has 0 saturated carbocycles. The van der Waals surface area contributed by atoms with E-state index in [1.807, 2.05) is 42.5 Å². The van der Waals surface area contributed by atoms with E-state index in [4.69, 9.17) is 0 Å². The molecule has 2 aromatic rings. The van der Waals surface area contributed by atoms with Gasteiger partial charge in [0.1, 0.15) is 0 Å². The zero-order valence-electron chi connectivity index (χ0n) is 11.7. The number of anilines is 1. The van der Waals surface area contributed by atoms with Gasteiger partial charge in [-0.2, -0.15) is 18.2 Å². The maximum absolute atomic E-state index is 12.0. The molecule has 0 radical (unpaired) electrons. The van der Waals surface area contributed by atoms with Crippen molar-refractivity contribution >= 4 is 27.8 Å². The third kappa shape index (κ3) is 3.98. The van der Waals surface area contributed by atoms with Crippen molar-refractivity contribution in [2.45, 2.75) is 9.79 Å². The zero-order valence-corrected chi connectivity index (χ0v) is 13.3. The summed E-state index contributed by atoms with van der Waals surface area (Å²) in [6, 6.07) is 17.0. The summed E-state index contributed by atoms with van der Waals surface area (Å²) in [5.74, 6) is 0. The average Bonchev–Trinajstić information content (AvgIpc) is 2.48. The predicted molar refractivity (Wildman–Crippen MR) is 84.5 cm³/mol. The Balaban J connectivity index is 2.33. The Hall–Kier alpha value is -1.54. The fraction of sp³-hybridized carbons (Fsp3) is 0.143. The quantitative estimate of drug-likeness (QED) is 0.828. The van der Waals surface area contributed by atoms with E-state index in [0.717, 1.165) is 14.1 Å². The topological polar surface area (TPSA) is 58.6 Å². The van der Waals surface area contributed by atoms with Crippen molar-refractivity contribution < 1.29 is 12.7 Å². The Morgan fingerprint density at radius 1 is 1.05 bits per heavy atom. The number of benzene rings is 2. The average molecular weight is 324 g/mol. The highest BCUT2D eigenvalue weighted by molar-refractivity contribution is 7.99. The van der Waals surface area contributed by atoms with E-state index >= 15 is 0 Å². The number of para-hydroxylation sites is 1. The molecule has 2 aromatic carbocycles. The van der Waals surface area contributed by atoms with Gasteiger partial charge in [0, 0.05) is 23.9 Å². The molecule has 0 aliphatic heterocycles. The van der Waals surface area contributed by atoms with Crippen LogP contribution in [0.2, 0.25) is 0 Å². The van der Waals surface area contributed by atoms with Crippen molar-refractivity contribution in [1.82, 2.24) is 5.48 Å². The van der Waals surface area contributed by atoms with Crippen LogP contribution in [0, 0.1) is 0 Å². The molecule has 0 spiro atoms. The largest absolute Gasteiger partial charge is 0.378 e. The van der Waals surface area contributed by atoms with Crippen molar-refractivity contribution in [3.05, 3.63) is 54.6 Å². The minimum atomic E-state index is -3.87. The standard InChI is InChI=1S/C14H16N2O3S2/c1-15-19-21(17,18)16(2)13-10-6-7-11-14(13)20-12-8-4-3-5-9-12/h3-11,15H,1-2H3. The molecule has 1 N–H and O–H groups in total. The van der Waals surface area contributed by atoms with Gasteiger partial charge in [-0.15, -0.1) is 0 Å². The maximum Gasteiger partial charge on any atom is 0.378 e. The second kappa shape index (κ2) is 6.95. The number of hydrogen-bond donors (Lipinski definition) is 1. The van der Waals surface area contributed by atoms with Crippen molar-refractivity contribution in [1.29, 1.82) is 0 Å². The molecule has 0 unspecified atom stereocenters. The molecular weight excluding hydrogens is 308 g/mol. The van der Waals surface area contributed by atoms with Gasteiger partial charge in [-0.25, -0.2) is 4.31 Å². The van der Waals surface area contributed by atoms with Crippen molar-refractivity contribution in [3.63, 3.8) is 0 Å². The van der Waals surface area contributed by atoms with Gasteiger partial charge in [0.05, 0.1) is 5.69 Å². The van der Waals surface area contributed by atoms with E-state index in [1.54, 1.807) is 12.1 Å². The van der Waals surface area contributed by atoms with Gasteiger partial charge in [-0.3, -0.25) is 0 Å². The normalized spacial score (nSPS) is 11.3. The minimum absolute atomic E-state index is 0.557. The van der Waals surface area contributed by atoms with E-state index in [1.165, 1.54) is 25.9 Å². The summed E-state index contributed by atoms with van der Waals surface area (Å²) >= 11 is 1.49. The smallest absolute Gasteiger partial charge is 0.248 e. The van der Waals surface area contributed by atoms with Crippen LogP contribution in [0.5, 0.6) is 0 Å². The summed E-state index contributed by atoms with van der Waals surface area (Å²) in [7, 11) is -1.02. The summed E-state index contributed by atoms with van der Waals surface area (Å²) < 4.78 is 29.6. The van der Waals surface area contributed by atoms with Crippen molar-refractivity contribution in [2.75, 3.05) is 18.4 Å². The summed E-state index contributed by atoms with van der Waals surface area (Å²) in [4.78, 5) is 1.86. The number of nitrogens with zero attached hydrogens (tertiary/aromatic N) is 1. The highest BCUT2D eigenvalue weighted by atomic mass is 32.2. The minimum Gasteiger partial charge on any atom is -0.248 e. The van der Waals surface area contributed by atoms with Crippen LogP contribution in [-0.2, 0) is 14.6 Å². The van der Waals surface area contributed by atoms with Crippen LogP contribution >= 0.6 is 11.8 Å². The van der Waals surface area contributed by atoms with E-state index in [0.29, 0.717) is 5.69 Å². The molecule has 0 bridgehead atoms. The molecule has 2 rings (SSSR count). The van der Waals surface area contributed by atoms with E-state index < -0.39 is 10.3 Å². The van der Waals surface area contributed by atoms with Crippen molar-refractivity contribution in [3.8, 4) is 0 Å². The number of hydroxylamine groups is 1. The number of rotatable bonds is 6. The van der Waals surface area contributed by atoms with Crippen LogP contribution in [0.1, 0.15) is 0 Å². The fourth-order valence-electron chi connectivity index (χ4n) is 1.70. The second-order valence-corrected chi connectivity index (χ2v) is 6.78. The van der Waals surface area contributed by atoms with Crippen molar-refractivity contribution in [2.24, 2.45) is 0 Å². The van der Waals surface area contributed by atoms with Gasteiger partial charge >= 0.3 is 10.3 Å². The monoisotopic (exact) mass is 324 g/mol. The molecule has 0 aromatic heterocycles. The van der Waals surface area contributed by atoms with Crippen LogP contribution in [0.3, 0.4) is 0 Å². The molecule has 21 heavy (non-hydrogen) atoms. The zero-order chi connectivity index (χ0) is 15.3. The molecule has 7 heteroatoms. The number of nitrogens with one attached hydrogen (secondary N) is 1. The van der Waals surface area contributed by atoms with Gasteiger partial charge in [0.2, 0.25) is 0 Å². The van der Waals surface area contributed by atoms with Gasteiger partial charge in [-0.05, 0) is 24.3 Å². The van der Waals surface area contributed by atoms with Gasteiger partial charge in [-0.1, -0.05) is 42.1 Å². The summed E-state index contributed by atoms with van der Waals surface area (Å²) in [5, 5.41) is 0. The van der Waals surface area contributed by atoms with E-state index in [2.05, 4.69) is 9.76 Å². The maximum atomic E-state index is 12.0. The lowest BCUT2D eigenvalue weighted by Crippen LogP contribution is -2.32. The third-order valence-corrected chi connectivity index (χ3v) is 5.02. The Kier molecular flexibility index (Phi) is 5.24. The van der Waals surface area contributed by atoms with Crippen LogP contribution in [0.4, 0.5) is 5.69 Å². The highest BCUT2D eigenvalue weighted by Gasteiger charge is 2.21. The third-order valence-electron chi connectivity index (χ3n) is 2.70. The van der Waals surface area contributed by atoms with Gasteiger partial charge in [0.15, 0.2) is 0 Å². The Bertz CT molecular complexity index is 690. The van der Waals surface area contributed by atoms with Crippen LogP contribution in [0.25, 0.3) is 0 Å². The lowest BCUT2D eigenvalue weighted by molar-refractivity contribution is 0.230. The summed E-state index contributed by atoms with van der Waals surface area (Å²) in [6.07, 6.45) is 0. The highest BCUT2D eigenvalue weighted by Crippen LogP contribution is 2.35. The van der Waals surface area contributed by atoms with E-state index in [9.17, 15) is 8.42 Å². The second-order valence-electron chi connectivity index (χ2n) is 4.10. The Morgan fingerprint density at radius 2 is 1.67 bits per heavy atom. The molecule has 112 valence electrons. The SMILES string of the molecule is CNOS(=O)(=O)N(C)c1ccccc1Sc1ccccc1. The fourth-order valence-corrected chi connectivity index (χ4v) is 3.48. The Morgan fingerprint density at radius 3 is 2.33 bits per heavy atom. The summed E-state index contributed by atoms with van der Waals surface area (Å²) in [5.41, 5.74) is 2.75. The first-order valence-corrected chi connectivity index (χ1v) is 8.39. The first-order valence-electron chi connectivity index (χ1n) is 6.20. The molecule has 0 fully saturated rings. The molecular formula is C14H16N2O3S2. The van der Waals surface area contributed by atoms with Crippen LogP contribution < -0.4 is 9.79 Å². The molecule has 0 heterocycles. The first kappa shape index (κ1) is 15.8. The van der Waals surface area contributed by atoms with E-state index in [-0.39, 0.29) is 0 Å². The molecule has 0 atom stereocenters. The molecule has 0 aliphatic rings. The lowest BCUT2D eigenvalue weighted by atomic mass is 10.3. The summed E-state index contributed by atoms with van der Waals surface area (Å²) in [6.45, 7) is 0. The van der Waals surface area contributed by atoms with Crippen LogP contribution in [-0.4, -0.2) is 22.5 Å². The molecule has 0 amide bonds. The van der Waals surface area contributed by atoms with Gasteiger partial charge < -0.3 is 0 Å². The van der Waals surface area contributed by atoms with Crippen LogP contribution in [0.15, 0.2) is 64.4 Å². The first-order chi connectivity index (χ1) is 10.0. The molecule has 0 aliphatic carbocycles. The Labute approximate surface area is 129 Å². The molecule has 0 saturated heterocycles. The number of hydrogen-bond acceptors (Lipinski definition) is 5. The predicted octanol–water partition coefficient (Wildman–Crippen LogP) is 2.67. The molecule has 5 nitrogen and oxygen atoms in total. The lowest BCUT2D eigenvalue weighted by Gasteiger charge is -2.20. The van der Waals surface area contributed by atoms with Gasteiger partial charge in [0.25, 0.3) is 0 Å².